The van der Waals surface area contributed by atoms with E-state index in [0.29, 0.717) is 17.1 Å². The molecule has 2 rings (SSSR count). The quantitative estimate of drug-likeness (QED) is 0.658. The Balaban J connectivity index is 1.66. The van der Waals surface area contributed by atoms with Crippen LogP contribution in [0.4, 0.5) is 5.69 Å². The second kappa shape index (κ2) is 10.3. The van der Waals surface area contributed by atoms with Crippen molar-refractivity contribution >= 4 is 35.1 Å². The zero-order valence-electron chi connectivity index (χ0n) is 15.7. The second-order valence-corrected chi connectivity index (χ2v) is 6.62. The summed E-state index contributed by atoms with van der Waals surface area (Å²) in [6, 6.07) is 14.0. The fraction of sp³-hybridized carbons (Fsp3) is 0.250. The maximum absolute atomic E-state index is 11.9. The van der Waals surface area contributed by atoms with Gasteiger partial charge in [0, 0.05) is 36.9 Å². The summed E-state index contributed by atoms with van der Waals surface area (Å²) in [6.07, 6.45) is 0. The van der Waals surface area contributed by atoms with E-state index < -0.39 is 24.4 Å². The summed E-state index contributed by atoms with van der Waals surface area (Å²) in [5.41, 5.74) is 2.36. The Morgan fingerprint density at radius 1 is 0.964 bits per heavy atom. The van der Waals surface area contributed by atoms with Crippen LogP contribution in [0.2, 0.25) is 5.02 Å². The number of nitrogens with zero attached hydrogens (tertiary/aromatic N) is 1. The Hall–Kier alpha value is -3.06. The molecule has 0 saturated heterocycles. The van der Waals surface area contributed by atoms with Crippen LogP contribution in [0, 0.1) is 0 Å². The van der Waals surface area contributed by atoms with Gasteiger partial charge in [-0.15, -0.1) is 0 Å². The molecule has 28 heavy (non-hydrogen) atoms. The van der Waals surface area contributed by atoms with Crippen LogP contribution in [0.15, 0.2) is 48.5 Å². The van der Waals surface area contributed by atoms with Crippen molar-refractivity contribution in [1.82, 2.24) is 10.6 Å². The number of nitrogens with one attached hydrogen (secondary N) is 2. The number of carbonyl (C=O) groups is 3. The molecule has 2 N–H and O–H groups in total. The molecule has 0 aliphatic rings. The molecule has 8 heteroatoms. The van der Waals surface area contributed by atoms with Gasteiger partial charge in [-0.1, -0.05) is 23.7 Å². The molecule has 7 nitrogen and oxygen atoms in total. The number of esters is 1. The van der Waals surface area contributed by atoms with Crippen molar-refractivity contribution in [2.75, 3.05) is 32.1 Å². The molecule has 0 radical (unpaired) electrons. The Morgan fingerprint density at radius 3 is 2.21 bits per heavy atom. The van der Waals surface area contributed by atoms with Crippen molar-refractivity contribution in [1.29, 1.82) is 0 Å². The first-order chi connectivity index (χ1) is 13.3. The number of hydrogen-bond donors (Lipinski definition) is 2. The van der Waals surface area contributed by atoms with Crippen molar-refractivity contribution in [2.24, 2.45) is 0 Å². The van der Waals surface area contributed by atoms with Crippen LogP contribution in [0.1, 0.15) is 15.9 Å². The molecule has 0 bridgehead atoms. The fourth-order valence-corrected chi connectivity index (χ4v) is 2.34. The third-order valence-electron chi connectivity index (χ3n) is 3.81. The van der Waals surface area contributed by atoms with Gasteiger partial charge in [-0.3, -0.25) is 14.4 Å². The number of rotatable bonds is 8. The lowest BCUT2D eigenvalue weighted by Gasteiger charge is -2.13. The van der Waals surface area contributed by atoms with E-state index in [1.54, 1.807) is 24.3 Å². The van der Waals surface area contributed by atoms with E-state index in [-0.39, 0.29) is 6.54 Å². The summed E-state index contributed by atoms with van der Waals surface area (Å²) >= 11 is 5.75. The summed E-state index contributed by atoms with van der Waals surface area (Å²) in [6.45, 7) is -0.413. The van der Waals surface area contributed by atoms with E-state index in [9.17, 15) is 14.4 Å². The highest BCUT2D eigenvalue weighted by molar-refractivity contribution is 6.30. The number of anilines is 1. The molecule has 2 amide bonds. The Bertz CT molecular complexity index is 820. The van der Waals surface area contributed by atoms with Crippen molar-refractivity contribution in [3.05, 3.63) is 64.7 Å². The highest BCUT2D eigenvalue weighted by atomic mass is 35.5. The van der Waals surface area contributed by atoms with Crippen LogP contribution in [0.5, 0.6) is 0 Å². The van der Waals surface area contributed by atoms with Gasteiger partial charge in [0.15, 0.2) is 6.61 Å². The normalized spacial score (nSPS) is 10.1. The van der Waals surface area contributed by atoms with Gasteiger partial charge in [0.05, 0.1) is 0 Å². The first kappa shape index (κ1) is 21.2. The number of carbonyl (C=O) groups excluding carboxylic acids is 3. The fourth-order valence-electron chi connectivity index (χ4n) is 2.22. The molecule has 0 fully saturated rings. The van der Waals surface area contributed by atoms with Gasteiger partial charge in [-0.2, -0.15) is 0 Å². The van der Waals surface area contributed by atoms with Crippen LogP contribution in [-0.4, -0.2) is 45.0 Å². The third kappa shape index (κ3) is 6.92. The SMILES string of the molecule is CN(C)c1ccc(CNC(=O)COC(=O)CNC(=O)c2ccc(Cl)cc2)cc1. The van der Waals surface area contributed by atoms with Crippen LogP contribution in [-0.2, 0) is 20.9 Å². The van der Waals surface area contributed by atoms with Crippen molar-refractivity contribution in [2.45, 2.75) is 6.54 Å². The summed E-state index contributed by atoms with van der Waals surface area (Å²) < 4.78 is 4.85. The summed E-state index contributed by atoms with van der Waals surface area (Å²) in [7, 11) is 3.89. The van der Waals surface area contributed by atoms with Crippen molar-refractivity contribution in [3.63, 3.8) is 0 Å². The summed E-state index contributed by atoms with van der Waals surface area (Å²) in [4.78, 5) is 37.3. The standard InChI is InChI=1S/C20H22ClN3O4/c1-24(2)17-9-3-14(4-10-17)11-22-18(25)13-28-19(26)12-23-20(27)15-5-7-16(21)8-6-15/h3-10H,11-13H2,1-2H3,(H,22,25)(H,23,27). The molecular formula is C20H22ClN3O4. The molecule has 2 aromatic carbocycles. The maximum Gasteiger partial charge on any atom is 0.325 e. The van der Waals surface area contributed by atoms with Gasteiger partial charge in [0.25, 0.3) is 11.8 Å². The van der Waals surface area contributed by atoms with E-state index in [2.05, 4.69) is 10.6 Å². The molecule has 2 aromatic rings. The monoisotopic (exact) mass is 403 g/mol. The van der Waals surface area contributed by atoms with Crippen LogP contribution < -0.4 is 15.5 Å². The second-order valence-electron chi connectivity index (χ2n) is 6.19. The molecule has 0 aliphatic carbocycles. The van der Waals surface area contributed by atoms with Gasteiger partial charge < -0.3 is 20.3 Å². The van der Waals surface area contributed by atoms with E-state index in [4.69, 9.17) is 16.3 Å². The average molecular weight is 404 g/mol. The van der Waals surface area contributed by atoms with Gasteiger partial charge in [-0.05, 0) is 42.0 Å². The highest BCUT2D eigenvalue weighted by Crippen LogP contribution is 2.12. The first-order valence-electron chi connectivity index (χ1n) is 8.57. The zero-order chi connectivity index (χ0) is 20.5. The lowest BCUT2D eigenvalue weighted by molar-refractivity contribution is -0.147. The third-order valence-corrected chi connectivity index (χ3v) is 4.06. The van der Waals surface area contributed by atoms with Gasteiger partial charge in [0.2, 0.25) is 0 Å². The minimum Gasteiger partial charge on any atom is -0.454 e. The lowest BCUT2D eigenvalue weighted by atomic mass is 10.2. The number of amides is 2. The van der Waals surface area contributed by atoms with E-state index in [1.165, 1.54) is 0 Å². The molecule has 148 valence electrons. The topological polar surface area (TPSA) is 87.7 Å². The van der Waals surface area contributed by atoms with Crippen LogP contribution in [0.25, 0.3) is 0 Å². The Kier molecular flexibility index (Phi) is 7.83. The summed E-state index contributed by atoms with van der Waals surface area (Å²) in [5.74, 6) is -1.55. The Morgan fingerprint density at radius 2 is 1.61 bits per heavy atom. The van der Waals surface area contributed by atoms with Gasteiger partial charge >= 0.3 is 5.97 Å². The van der Waals surface area contributed by atoms with Crippen LogP contribution >= 0.6 is 11.6 Å². The molecule has 0 aromatic heterocycles. The molecule has 0 spiro atoms. The van der Waals surface area contributed by atoms with Gasteiger partial charge in [-0.25, -0.2) is 0 Å². The largest absolute Gasteiger partial charge is 0.454 e. The van der Waals surface area contributed by atoms with Crippen molar-refractivity contribution in [3.8, 4) is 0 Å². The van der Waals surface area contributed by atoms with E-state index >= 15 is 0 Å². The molecule has 0 unspecified atom stereocenters. The van der Waals surface area contributed by atoms with E-state index in [0.717, 1.165) is 11.3 Å². The first-order valence-corrected chi connectivity index (χ1v) is 8.95. The zero-order valence-corrected chi connectivity index (χ0v) is 16.5. The highest BCUT2D eigenvalue weighted by Gasteiger charge is 2.11. The smallest absolute Gasteiger partial charge is 0.325 e. The van der Waals surface area contributed by atoms with Crippen molar-refractivity contribution < 1.29 is 19.1 Å². The molecule has 0 heterocycles. The lowest BCUT2D eigenvalue weighted by Crippen LogP contribution is -2.33. The molecular weight excluding hydrogens is 382 g/mol. The number of halogens is 1. The number of hydrogen-bond acceptors (Lipinski definition) is 5. The molecule has 0 aliphatic heterocycles. The maximum atomic E-state index is 11.9. The summed E-state index contributed by atoms with van der Waals surface area (Å²) in [5, 5.41) is 5.60. The van der Waals surface area contributed by atoms with Gasteiger partial charge in [0.1, 0.15) is 6.54 Å². The minimum atomic E-state index is -0.701. The minimum absolute atomic E-state index is 0.331. The number of ether oxygens (including phenoxy) is 1. The van der Waals surface area contributed by atoms with E-state index in [1.807, 2.05) is 43.3 Å². The molecule has 0 atom stereocenters. The average Bonchev–Trinajstić information content (AvgIpc) is 2.69. The number of benzene rings is 2. The predicted molar refractivity (Wildman–Crippen MR) is 107 cm³/mol. The Labute approximate surface area is 168 Å². The molecule has 0 saturated carbocycles. The van der Waals surface area contributed by atoms with Crippen LogP contribution in [0.3, 0.4) is 0 Å². The predicted octanol–water partition coefficient (Wildman–Crippen LogP) is 2.00.